The molecule has 94 valence electrons. The van der Waals surface area contributed by atoms with Crippen LogP contribution in [0, 0.1) is 11.3 Å². The van der Waals surface area contributed by atoms with Crippen LogP contribution in [0.15, 0.2) is 24.3 Å². The zero-order valence-corrected chi connectivity index (χ0v) is 9.75. The molecule has 0 bridgehead atoms. The lowest BCUT2D eigenvalue weighted by molar-refractivity contribution is -0.139. The van der Waals surface area contributed by atoms with Crippen LogP contribution >= 0.6 is 0 Å². The van der Waals surface area contributed by atoms with E-state index in [2.05, 4.69) is 0 Å². The van der Waals surface area contributed by atoms with Gasteiger partial charge in [0.1, 0.15) is 0 Å². The monoisotopic (exact) mass is 244 g/mol. The quantitative estimate of drug-likeness (QED) is 0.839. The predicted molar refractivity (Wildman–Crippen MR) is 58.3 cm³/mol. The van der Waals surface area contributed by atoms with Crippen molar-refractivity contribution < 1.29 is 18.3 Å². The molecule has 17 heavy (non-hydrogen) atoms. The molecule has 1 N–H and O–H groups in total. The third kappa shape index (κ3) is 2.32. The Bertz CT molecular complexity index is 423. The zero-order valence-electron chi connectivity index (χ0n) is 9.75. The molecule has 4 heteroatoms. The molecular weight excluding hydrogens is 229 g/mol. The molecule has 0 saturated heterocycles. The van der Waals surface area contributed by atoms with Crippen molar-refractivity contribution in [1.29, 1.82) is 0 Å². The van der Waals surface area contributed by atoms with Crippen molar-refractivity contribution in [3.05, 3.63) is 35.4 Å². The second kappa shape index (κ2) is 3.73. The van der Waals surface area contributed by atoms with Crippen LogP contribution < -0.4 is 0 Å². The Morgan fingerprint density at radius 2 is 1.82 bits per heavy atom. The third-order valence-corrected chi connectivity index (χ3v) is 3.56. The fraction of sp³-hybridized carbons (Fsp3) is 0.538. The normalized spacial score (nSPS) is 24.5. The van der Waals surface area contributed by atoms with Crippen molar-refractivity contribution in [2.24, 2.45) is 11.3 Å². The first-order chi connectivity index (χ1) is 7.73. The van der Waals surface area contributed by atoms with Crippen LogP contribution in [-0.4, -0.2) is 5.11 Å². The van der Waals surface area contributed by atoms with Crippen LogP contribution in [0.1, 0.15) is 37.5 Å². The Labute approximate surface area is 98.3 Å². The molecule has 1 saturated carbocycles. The number of halogens is 3. The van der Waals surface area contributed by atoms with E-state index in [1.54, 1.807) is 0 Å². The van der Waals surface area contributed by atoms with Gasteiger partial charge in [0.15, 0.2) is 0 Å². The lowest BCUT2D eigenvalue weighted by atomic mass is 9.95. The molecular formula is C13H15F3O. The Hall–Kier alpha value is -1.03. The molecule has 1 aromatic rings. The van der Waals surface area contributed by atoms with Crippen molar-refractivity contribution in [3.8, 4) is 0 Å². The van der Waals surface area contributed by atoms with Gasteiger partial charge in [-0.15, -0.1) is 0 Å². The summed E-state index contributed by atoms with van der Waals surface area (Å²) in [5.74, 6) is -0.0778. The molecule has 1 aliphatic rings. The molecule has 2 unspecified atom stereocenters. The average molecular weight is 244 g/mol. The summed E-state index contributed by atoms with van der Waals surface area (Å²) < 4.78 is 38.3. The van der Waals surface area contributed by atoms with Crippen LogP contribution in [0.4, 0.5) is 13.2 Å². The van der Waals surface area contributed by atoms with E-state index in [-0.39, 0.29) is 16.9 Å². The molecule has 0 aliphatic heterocycles. The minimum absolute atomic E-state index is 0.00410. The predicted octanol–water partition coefficient (Wildman–Crippen LogP) is 3.78. The lowest BCUT2D eigenvalue weighted by Crippen LogP contribution is -2.14. The second-order valence-corrected chi connectivity index (χ2v) is 5.33. The molecule has 1 aliphatic carbocycles. The summed E-state index contributed by atoms with van der Waals surface area (Å²) in [5, 5.41) is 10.0. The molecule has 0 radical (unpaired) electrons. The molecule has 0 amide bonds. The first-order valence-electron chi connectivity index (χ1n) is 5.57. The fourth-order valence-corrected chi connectivity index (χ4v) is 2.28. The number of aliphatic hydroxyl groups excluding tert-OH is 1. The maximum absolute atomic E-state index is 12.8. The Balaban J connectivity index is 2.33. The lowest BCUT2D eigenvalue weighted by Gasteiger charge is -2.18. The van der Waals surface area contributed by atoms with Gasteiger partial charge in [0.25, 0.3) is 0 Å². The van der Waals surface area contributed by atoms with Crippen molar-refractivity contribution >= 4 is 0 Å². The van der Waals surface area contributed by atoms with Gasteiger partial charge in [-0.05, 0) is 29.4 Å². The molecule has 0 aromatic heterocycles. The van der Waals surface area contributed by atoms with E-state index in [1.807, 2.05) is 13.8 Å². The first-order valence-corrected chi connectivity index (χ1v) is 5.57. The van der Waals surface area contributed by atoms with Gasteiger partial charge in [0.2, 0.25) is 0 Å². The van der Waals surface area contributed by atoms with Gasteiger partial charge < -0.3 is 5.11 Å². The molecule has 2 rings (SSSR count). The number of benzene rings is 1. The van der Waals surface area contributed by atoms with Gasteiger partial charge in [-0.3, -0.25) is 0 Å². The van der Waals surface area contributed by atoms with Crippen LogP contribution in [-0.2, 0) is 6.18 Å². The molecule has 1 nitrogen and oxygen atoms in total. The number of rotatable bonds is 2. The van der Waals surface area contributed by atoms with Gasteiger partial charge in [-0.25, -0.2) is 0 Å². The van der Waals surface area contributed by atoms with Gasteiger partial charge >= 0.3 is 6.18 Å². The highest BCUT2D eigenvalue weighted by atomic mass is 19.4. The van der Waals surface area contributed by atoms with Crippen LogP contribution in [0.25, 0.3) is 0 Å². The van der Waals surface area contributed by atoms with Crippen LogP contribution in [0.5, 0.6) is 0 Å². The van der Waals surface area contributed by atoms with Gasteiger partial charge in [-0.2, -0.15) is 13.2 Å². The number of aliphatic hydroxyl groups is 1. The van der Waals surface area contributed by atoms with Crippen LogP contribution in [0.2, 0.25) is 0 Å². The van der Waals surface area contributed by atoms with E-state index >= 15 is 0 Å². The summed E-state index contributed by atoms with van der Waals surface area (Å²) in [7, 11) is 0. The Kier molecular flexibility index (Phi) is 2.73. The largest absolute Gasteiger partial charge is 0.416 e. The summed E-state index contributed by atoms with van der Waals surface area (Å²) in [6.45, 7) is 3.91. The second-order valence-electron chi connectivity index (χ2n) is 5.33. The maximum atomic E-state index is 12.8. The highest BCUT2D eigenvalue weighted by molar-refractivity contribution is 5.33. The van der Waals surface area contributed by atoms with E-state index in [9.17, 15) is 18.3 Å². The summed E-state index contributed by atoms with van der Waals surface area (Å²) in [5.41, 5.74) is -0.788. The molecule has 1 aromatic carbocycles. The smallest absolute Gasteiger partial charge is 0.388 e. The molecule has 2 atom stereocenters. The highest BCUT2D eigenvalue weighted by Gasteiger charge is 2.51. The number of alkyl halides is 3. The fourth-order valence-electron chi connectivity index (χ4n) is 2.28. The Morgan fingerprint density at radius 1 is 1.29 bits per heavy atom. The summed E-state index contributed by atoms with van der Waals surface area (Å²) in [4.78, 5) is 0. The minimum atomic E-state index is -4.41. The third-order valence-electron chi connectivity index (χ3n) is 3.56. The van der Waals surface area contributed by atoms with E-state index < -0.39 is 17.8 Å². The summed E-state index contributed by atoms with van der Waals surface area (Å²) >= 11 is 0. The first kappa shape index (κ1) is 12.4. The topological polar surface area (TPSA) is 20.2 Å². The van der Waals surface area contributed by atoms with E-state index in [0.717, 1.165) is 12.5 Å². The van der Waals surface area contributed by atoms with E-state index in [1.165, 1.54) is 18.2 Å². The standard InChI is InChI=1S/C13H15F3O/c1-12(2)7-10(12)11(17)8-5-3-4-6-9(8)13(14,15)16/h3-6,10-11,17H,7H2,1-2H3. The van der Waals surface area contributed by atoms with Crippen LogP contribution in [0.3, 0.4) is 0 Å². The number of hydrogen-bond donors (Lipinski definition) is 1. The SMILES string of the molecule is CC1(C)CC1C(O)c1ccccc1C(F)(F)F. The van der Waals surface area contributed by atoms with Crippen molar-refractivity contribution in [3.63, 3.8) is 0 Å². The summed E-state index contributed by atoms with van der Waals surface area (Å²) in [6.07, 6.45) is -4.67. The van der Waals surface area contributed by atoms with Crippen molar-refractivity contribution in [2.45, 2.75) is 32.5 Å². The minimum Gasteiger partial charge on any atom is -0.388 e. The van der Waals surface area contributed by atoms with Crippen molar-refractivity contribution in [1.82, 2.24) is 0 Å². The van der Waals surface area contributed by atoms with E-state index in [4.69, 9.17) is 0 Å². The molecule has 1 fully saturated rings. The number of hydrogen-bond acceptors (Lipinski definition) is 1. The van der Waals surface area contributed by atoms with Gasteiger partial charge in [0.05, 0.1) is 11.7 Å². The highest BCUT2D eigenvalue weighted by Crippen LogP contribution is 2.58. The zero-order chi connectivity index (χ0) is 12.8. The molecule has 0 heterocycles. The summed E-state index contributed by atoms with van der Waals surface area (Å²) in [6, 6.07) is 5.26. The maximum Gasteiger partial charge on any atom is 0.416 e. The van der Waals surface area contributed by atoms with Crippen molar-refractivity contribution in [2.75, 3.05) is 0 Å². The molecule has 0 spiro atoms. The Morgan fingerprint density at radius 3 is 2.29 bits per heavy atom. The van der Waals surface area contributed by atoms with E-state index in [0.29, 0.717) is 0 Å². The van der Waals surface area contributed by atoms with Gasteiger partial charge in [0, 0.05) is 0 Å². The average Bonchev–Trinajstić information content (AvgIpc) is 2.85. The van der Waals surface area contributed by atoms with Gasteiger partial charge in [-0.1, -0.05) is 32.0 Å².